The molecule has 4 nitrogen and oxygen atoms in total. The molecule has 20 heavy (non-hydrogen) atoms. The molecular formula is C15H23N3OS. The van der Waals surface area contributed by atoms with Crippen molar-refractivity contribution >= 4 is 17.3 Å². The summed E-state index contributed by atoms with van der Waals surface area (Å²) in [6, 6.07) is 0. The third-order valence-electron chi connectivity index (χ3n) is 4.26. The molecule has 0 radical (unpaired) electrons. The van der Waals surface area contributed by atoms with E-state index in [1.165, 1.54) is 62.5 Å². The molecule has 3 aliphatic heterocycles. The molecule has 1 fully saturated rings. The number of aromatic nitrogens is 2. The molecule has 4 heterocycles. The minimum absolute atomic E-state index is 0.659. The molecule has 1 aromatic rings. The van der Waals surface area contributed by atoms with Gasteiger partial charge in [-0.25, -0.2) is 0 Å². The Balaban J connectivity index is 1.62. The molecule has 0 atom stereocenters. The third-order valence-corrected chi connectivity index (χ3v) is 4.77. The lowest BCUT2D eigenvalue weighted by Gasteiger charge is -2.38. The molecule has 110 valence electrons. The van der Waals surface area contributed by atoms with Crippen LogP contribution in [0.3, 0.4) is 0 Å². The number of ether oxygens (including phenoxy) is 1. The van der Waals surface area contributed by atoms with Crippen LogP contribution in [-0.2, 0) is 0 Å². The van der Waals surface area contributed by atoms with Gasteiger partial charge in [0, 0.05) is 24.9 Å². The normalized spacial score (nSPS) is 18.4. The van der Waals surface area contributed by atoms with Crippen molar-refractivity contribution in [1.29, 1.82) is 0 Å². The molecule has 0 aliphatic carbocycles. The van der Waals surface area contributed by atoms with Gasteiger partial charge in [0.15, 0.2) is 0 Å². The molecule has 4 rings (SSSR count). The second kappa shape index (κ2) is 6.57. The average Bonchev–Trinajstić information content (AvgIpc) is 2.96. The van der Waals surface area contributed by atoms with E-state index in [9.17, 15) is 0 Å². The molecule has 0 amide bonds. The van der Waals surface area contributed by atoms with E-state index in [4.69, 9.17) is 4.74 Å². The van der Waals surface area contributed by atoms with E-state index in [1.54, 1.807) is 0 Å². The van der Waals surface area contributed by atoms with Gasteiger partial charge in [-0.3, -0.25) is 0 Å². The summed E-state index contributed by atoms with van der Waals surface area (Å²) >= 11 is 1.27. The van der Waals surface area contributed by atoms with Crippen molar-refractivity contribution in [3.63, 3.8) is 0 Å². The Labute approximate surface area is 125 Å². The van der Waals surface area contributed by atoms with Gasteiger partial charge < -0.3 is 9.64 Å². The number of allylic oxidation sites excluding steroid dienone is 1. The van der Waals surface area contributed by atoms with Crippen LogP contribution in [-0.4, -0.2) is 33.3 Å². The van der Waals surface area contributed by atoms with Gasteiger partial charge in [0.25, 0.3) is 5.88 Å². The first-order valence-corrected chi connectivity index (χ1v) is 8.53. The highest BCUT2D eigenvalue weighted by Crippen LogP contribution is 2.39. The maximum atomic E-state index is 5.86. The fourth-order valence-corrected chi connectivity index (χ4v) is 3.56. The van der Waals surface area contributed by atoms with E-state index in [2.05, 4.69) is 26.8 Å². The fourth-order valence-electron chi connectivity index (χ4n) is 3.05. The van der Waals surface area contributed by atoms with Crippen molar-refractivity contribution in [2.24, 2.45) is 5.92 Å². The molecule has 0 spiro atoms. The molecule has 0 saturated carbocycles. The van der Waals surface area contributed by atoms with E-state index in [1.807, 2.05) is 0 Å². The van der Waals surface area contributed by atoms with Crippen LogP contribution in [0, 0.1) is 5.92 Å². The van der Waals surface area contributed by atoms with Gasteiger partial charge in [-0.1, -0.05) is 26.2 Å². The van der Waals surface area contributed by atoms with E-state index in [-0.39, 0.29) is 0 Å². The molecular weight excluding hydrogens is 270 g/mol. The van der Waals surface area contributed by atoms with Gasteiger partial charge in [-0.2, -0.15) is 4.37 Å². The zero-order chi connectivity index (χ0) is 13.8. The lowest BCUT2D eigenvalue weighted by molar-refractivity contribution is 0.250. The van der Waals surface area contributed by atoms with Crippen molar-refractivity contribution in [2.45, 2.75) is 45.4 Å². The predicted molar refractivity (Wildman–Crippen MR) is 81.8 cm³/mol. The Kier molecular flexibility index (Phi) is 4.55. The van der Waals surface area contributed by atoms with E-state index in [0.29, 0.717) is 5.92 Å². The SMILES string of the molecule is CCCCCCOc1nsnc1C1=CN2CCC1CC2. The number of piperidine rings is 1. The molecule has 3 aliphatic rings. The van der Waals surface area contributed by atoms with Crippen LogP contribution >= 0.6 is 11.7 Å². The number of rotatable bonds is 7. The van der Waals surface area contributed by atoms with Gasteiger partial charge in [0.1, 0.15) is 5.69 Å². The van der Waals surface area contributed by atoms with Crippen LogP contribution < -0.4 is 4.74 Å². The summed E-state index contributed by atoms with van der Waals surface area (Å²) in [5.74, 6) is 1.41. The monoisotopic (exact) mass is 293 g/mol. The molecule has 1 saturated heterocycles. The number of unbranched alkanes of at least 4 members (excludes halogenated alkanes) is 3. The Hall–Kier alpha value is -1.10. The van der Waals surface area contributed by atoms with Gasteiger partial charge in [-0.15, -0.1) is 4.37 Å². The summed E-state index contributed by atoms with van der Waals surface area (Å²) in [6.45, 7) is 5.38. The second-order valence-corrected chi connectivity index (χ2v) is 6.25. The maximum Gasteiger partial charge on any atom is 0.253 e. The largest absolute Gasteiger partial charge is 0.475 e. The molecule has 2 bridgehead atoms. The molecule has 0 aromatic carbocycles. The summed E-state index contributed by atoms with van der Waals surface area (Å²) < 4.78 is 14.7. The van der Waals surface area contributed by atoms with Crippen LogP contribution in [0.15, 0.2) is 6.20 Å². The first-order valence-electron chi connectivity index (χ1n) is 7.80. The smallest absolute Gasteiger partial charge is 0.253 e. The standard InChI is InChI=1S/C15H23N3OS/c1-2-3-4-5-10-19-15-14(16-20-17-15)13-11-18-8-6-12(13)7-9-18/h11-12H,2-10H2,1H3. The maximum absolute atomic E-state index is 5.86. The number of hydrogen-bond donors (Lipinski definition) is 0. The highest BCUT2D eigenvalue weighted by Gasteiger charge is 2.31. The van der Waals surface area contributed by atoms with Crippen LogP contribution in [0.1, 0.15) is 51.1 Å². The Bertz CT molecular complexity index is 463. The Morgan fingerprint density at radius 2 is 2.10 bits per heavy atom. The van der Waals surface area contributed by atoms with Gasteiger partial charge in [0.2, 0.25) is 0 Å². The number of nitrogens with zero attached hydrogens (tertiary/aromatic N) is 3. The zero-order valence-corrected chi connectivity index (χ0v) is 13.0. The highest BCUT2D eigenvalue weighted by atomic mass is 32.1. The van der Waals surface area contributed by atoms with Crippen molar-refractivity contribution in [3.8, 4) is 5.88 Å². The quantitative estimate of drug-likeness (QED) is 0.720. The lowest BCUT2D eigenvalue weighted by Crippen LogP contribution is -2.35. The predicted octanol–water partition coefficient (Wildman–Crippen LogP) is 3.56. The summed E-state index contributed by atoms with van der Waals surface area (Å²) in [4.78, 5) is 2.40. The molecule has 5 heteroatoms. The van der Waals surface area contributed by atoms with Crippen LogP contribution in [0.4, 0.5) is 0 Å². The minimum Gasteiger partial charge on any atom is -0.475 e. The van der Waals surface area contributed by atoms with Crippen molar-refractivity contribution in [3.05, 3.63) is 11.9 Å². The van der Waals surface area contributed by atoms with Gasteiger partial charge in [-0.05, 0) is 25.2 Å². The fraction of sp³-hybridized carbons (Fsp3) is 0.733. The summed E-state index contributed by atoms with van der Waals surface area (Å²) in [6.07, 6.45) is 9.67. The first kappa shape index (κ1) is 13.9. The van der Waals surface area contributed by atoms with Crippen LogP contribution in [0.25, 0.3) is 5.57 Å². The third kappa shape index (κ3) is 2.97. The van der Waals surface area contributed by atoms with E-state index in [0.717, 1.165) is 24.6 Å². The van der Waals surface area contributed by atoms with Crippen molar-refractivity contribution in [2.75, 3.05) is 19.7 Å². The highest BCUT2D eigenvalue weighted by molar-refractivity contribution is 6.99. The van der Waals surface area contributed by atoms with Gasteiger partial charge >= 0.3 is 0 Å². The van der Waals surface area contributed by atoms with E-state index >= 15 is 0 Å². The Morgan fingerprint density at radius 1 is 1.25 bits per heavy atom. The zero-order valence-electron chi connectivity index (χ0n) is 12.2. The number of fused-ring (bicyclic) bond motifs is 2. The Morgan fingerprint density at radius 3 is 2.80 bits per heavy atom. The lowest BCUT2D eigenvalue weighted by atomic mass is 9.84. The van der Waals surface area contributed by atoms with Crippen molar-refractivity contribution in [1.82, 2.24) is 13.6 Å². The summed E-state index contributed by atoms with van der Waals surface area (Å²) in [5.41, 5.74) is 2.35. The van der Waals surface area contributed by atoms with Crippen molar-refractivity contribution < 1.29 is 4.74 Å². The molecule has 1 aromatic heterocycles. The van der Waals surface area contributed by atoms with E-state index < -0.39 is 0 Å². The average molecular weight is 293 g/mol. The molecule has 0 N–H and O–H groups in total. The minimum atomic E-state index is 0.659. The number of hydrogen-bond acceptors (Lipinski definition) is 5. The van der Waals surface area contributed by atoms with Crippen LogP contribution in [0.2, 0.25) is 0 Å². The summed E-state index contributed by atoms with van der Waals surface area (Å²) in [7, 11) is 0. The van der Waals surface area contributed by atoms with Crippen LogP contribution in [0.5, 0.6) is 5.88 Å². The summed E-state index contributed by atoms with van der Waals surface area (Å²) in [5, 5.41) is 0. The second-order valence-electron chi connectivity index (χ2n) is 5.72. The first-order chi connectivity index (χ1) is 9.88. The van der Waals surface area contributed by atoms with Gasteiger partial charge in [0.05, 0.1) is 18.3 Å². The topological polar surface area (TPSA) is 38.3 Å². The molecule has 0 unspecified atom stereocenters.